The van der Waals surface area contributed by atoms with E-state index in [9.17, 15) is 22.8 Å². The van der Waals surface area contributed by atoms with Crippen LogP contribution in [0.5, 0.6) is 11.5 Å². The molecule has 3 amide bonds. The minimum atomic E-state index is -3.94. The van der Waals surface area contributed by atoms with Gasteiger partial charge in [-0.05, 0) is 12.1 Å². The number of benzene rings is 2. The van der Waals surface area contributed by atoms with E-state index in [0.29, 0.717) is 36.7 Å². The number of ether oxygens (including phenoxy) is 3. The number of carbonyl (C=O) groups is 3. The number of fused-ring (bicyclic) bond motifs is 1. The lowest BCUT2D eigenvalue weighted by atomic mass is 10.1. The molecule has 1 aliphatic rings. The summed E-state index contributed by atoms with van der Waals surface area (Å²) in [7, 11) is -2.61. The Labute approximate surface area is 196 Å². The van der Waals surface area contributed by atoms with Gasteiger partial charge >= 0.3 is 12.0 Å². The van der Waals surface area contributed by atoms with Gasteiger partial charge in [-0.25, -0.2) is 17.9 Å². The Kier molecular flexibility index (Phi) is 8.44. The fraction of sp³-hybridized carbons (Fsp3) is 0.318. The van der Waals surface area contributed by atoms with E-state index in [2.05, 4.69) is 15.4 Å². The van der Waals surface area contributed by atoms with Crippen molar-refractivity contribution in [2.24, 2.45) is 0 Å². The van der Waals surface area contributed by atoms with Gasteiger partial charge in [0.15, 0.2) is 11.5 Å². The van der Waals surface area contributed by atoms with Crippen LogP contribution >= 0.6 is 0 Å². The number of carbonyl (C=O) groups excluding carboxylic acids is 3. The van der Waals surface area contributed by atoms with Gasteiger partial charge in [0.05, 0.1) is 24.5 Å². The Balaban J connectivity index is 1.61. The van der Waals surface area contributed by atoms with Crippen LogP contribution < -0.4 is 24.8 Å². The van der Waals surface area contributed by atoms with Crippen LogP contribution in [0.25, 0.3) is 0 Å². The Morgan fingerprint density at radius 3 is 2.44 bits per heavy atom. The second kappa shape index (κ2) is 11.5. The van der Waals surface area contributed by atoms with Crippen molar-refractivity contribution in [2.75, 3.05) is 26.8 Å². The molecule has 0 unspecified atom stereocenters. The van der Waals surface area contributed by atoms with Crippen molar-refractivity contribution in [2.45, 2.75) is 23.8 Å². The Morgan fingerprint density at radius 1 is 1.03 bits per heavy atom. The fourth-order valence-electron chi connectivity index (χ4n) is 3.01. The lowest BCUT2D eigenvalue weighted by Crippen LogP contribution is -2.41. The van der Waals surface area contributed by atoms with Gasteiger partial charge in [-0.15, -0.1) is 0 Å². The fourth-order valence-corrected chi connectivity index (χ4v) is 4.06. The first-order chi connectivity index (χ1) is 16.3. The zero-order valence-corrected chi connectivity index (χ0v) is 19.2. The van der Waals surface area contributed by atoms with Crippen LogP contribution in [-0.4, -0.2) is 53.1 Å². The van der Waals surface area contributed by atoms with E-state index in [1.807, 2.05) is 0 Å². The third-order valence-electron chi connectivity index (χ3n) is 4.70. The third-order valence-corrected chi connectivity index (χ3v) is 6.16. The van der Waals surface area contributed by atoms with E-state index >= 15 is 0 Å². The van der Waals surface area contributed by atoms with Crippen LogP contribution in [0.4, 0.5) is 4.79 Å². The summed E-state index contributed by atoms with van der Waals surface area (Å²) in [6, 6.07) is 11.6. The quantitative estimate of drug-likeness (QED) is 0.467. The lowest BCUT2D eigenvalue weighted by molar-refractivity contribution is -0.156. The summed E-state index contributed by atoms with van der Waals surface area (Å²) >= 11 is 0. The summed E-state index contributed by atoms with van der Waals surface area (Å²) in [4.78, 5) is 36.2. The van der Waals surface area contributed by atoms with Gasteiger partial charge in [0.2, 0.25) is 16.1 Å². The zero-order valence-electron chi connectivity index (χ0n) is 18.4. The van der Waals surface area contributed by atoms with Crippen molar-refractivity contribution in [1.29, 1.82) is 0 Å². The molecular formula is C22H25N3O8S. The highest BCUT2D eigenvalue weighted by atomic mass is 32.2. The van der Waals surface area contributed by atoms with Crippen molar-refractivity contribution in [3.05, 3.63) is 54.1 Å². The summed E-state index contributed by atoms with van der Waals surface area (Å²) in [6.45, 7) is 0.616. The standard InChI is InChI=1S/C22H25N3O8S/c1-23-22(28)25-21(27)20(15-6-3-2-4-7-15)33-19(26)10-11-24-34(29,30)16-8-9-17-18(14-16)32-13-5-12-31-17/h2-4,6-9,14,20,24H,5,10-13H2,1H3,(H2,23,25,27,28)/t20-/m0/s1. The Bertz CT molecular complexity index is 1140. The van der Waals surface area contributed by atoms with E-state index in [4.69, 9.17) is 14.2 Å². The topological polar surface area (TPSA) is 149 Å². The van der Waals surface area contributed by atoms with Crippen LogP contribution in [0, 0.1) is 0 Å². The maximum absolute atomic E-state index is 12.6. The molecule has 0 saturated carbocycles. The van der Waals surface area contributed by atoms with E-state index in [1.165, 1.54) is 25.2 Å². The van der Waals surface area contributed by atoms with E-state index in [0.717, 1.165) is 0 Å². The molecule has 0 bridgehead atoms. The molecule has 0 aromatic heterocycles. The number of hydrogen-bond donors (Lipinski definition) is 3. The van der Waals surface area contributed by atoms with Gasteiger partial charge < -0.3 is 19.5 Å². The highest BCUT2D eigenvalue weighted by Crippen LogP contribution is 2.31. The van der Waals surface area contributed by atoms with Crippen molar-refractivity contribution in [1.82, 2.24) is 15.4 Å². The van der Waals surface area contributed by atoms with E-state index in [-0.39, 0.29) is 17.9 Å². The molecule has 2 aromatic carbocycles. The largest absolute Gasteiger partial charge is 0.490 e. The Morgan fingerprint density at radius 2 is 1.74 bits per heavy atom. The second-order valence-corrected chi connectivity index (χ2v) is 8.92. The third kappa shape index (κ3) is 6.68. The summed E-state index contributed by atoms with van der Waals surface area (Å²) in [5.74, 6) is -0.886. The monoisotopic (exact) mass is 491 g/mol. The minimum Gasteiger partial charge on any atom is -0.490 e. The zero-order chi connectivity index (χ0) is 24.6. The highest BCUT2D eigenvalue weighted by molar-refractivity contribution is 7.89. The van der Waals surface area contributed by atoms with Crippen molar-refractivity contribution >= 4 is 27.9 Å². The maximum atomic E-state index is 12.6. The molecule has 1 heterocycles. The molecule has 11 nitrogen and oxygen atoms in total. The molecule has 1 aliphatic heterocycles. The lowest BCUT2D eigenvalue weighted by Gasteiger charge is -2.17. The molecular weight excluding hydrogens is 466 g/mol. The van der Waals surface area contributed by atoms with E-state index < -0.39 is 34.0 Å². The number of nitrogens with one attached hydrogen (secondary N) is 3. The molecule has 34 heavy (non-hydrogen) atoms. The molecule has 182 valence electrons. The van der Waals surface area contributed by atoms with Gasteiger partial charge in [-0.2, -0.15) is 0 Å². The van der Waals surface area contributed by atoms with Crippen molar-refractivity contribution in [3.8, 4) is 11.5 Å². The molecule has 0 saturated heterocycles. The van der Waals surface area contributed by atoms with Gasteiger partial charge in [0.1, 0.15) is 0 Å². The predicted octanol–water partition coefficient (Wildman–Crippen LogP) is 1.26. The van der Waals surface area contributed by atoms with Gasteiger partial charge in [-0.1, -0.05) is 30.3 Å². The average molecular weight is 492 g/mol. The normalized spacial score (nSPS) is 13.8. The molecule has 2 aromatic rings. The summed E-state index contributed by atoms with van der Waals surface area (Å²) in [5.41, 5.74) is 0.352. The first-order valence-electron chi connectivity index (χ1n) is 10.5. The van der Waals surface area contributed by atoms with Crippen molar-refractivity contribution < 1.29 is 37.0 Å². The number of amides is 3. The molecule has 3 rings (SSSR count). The molecule has 12 heteroatoms. The van der Waals surface area contributed by atoms with Crippen molar-refractivity contribution in [3.63, 3.8) is 0 Å². The smallest absolute Gasteiger partial charge is 0.321 e. The van der Waals surface area contributed by atoms with Crippen LogP contribution in [0.3, 0.4) is 0 Å². The maximum Gasteiger partial charge on any atom is 0.321 e. The number of imide groups is 1. The molecule has 3 N–H and O–H groups in total. The number of esters is 1. The highest BCUT2D eigenvalue weighted by Gasteiger charge is 2.26. The molecule has 0 spiro atoms. The number of hydrogen-bond acceptors (Lipinski definition) is 8. The summed E-state index contributed by atoms with van der Waals surface area (Å²) in [5, 5.41) is 4.30. The molecule has 0 aliphatic carbocycles. The molecule has 1 atom stereocenters. The SMILES string of the molecule is CNC(=O)NC(=O)[C@@H](OC(=O)CCNS(=O)(=O)c1ccc2c(c1)OCCCO2)c1ccccc1. The predicted molar refractivity (Wildman–Crippen MR) is 120 cm³/mol. The van der Waals surface area contributed by atoms with Gasteiger partial charge in [0.25, 0.3) is 5.91 Å². The first-order valence-corrected chi connectivity index (χ1v) is 11.9. The van der Waals surface area contributed by atoms with Gasteiger partial charge in [-0.3, -0.25) is 14.9 Å². The number of sulfonamides is 1. The van der Waals surface area contributed by atoms with Crippen LogP contribution in [-0.2, 0) is 24.3 Å². The Hall–Kier alpha value is -3.64. The number of urea groups is 1. The molecule has 0 fully saturated rings. The summed E-state index contributed by atoms with van der Waals surface area (Å²) in [6.07, 6.45) is -1.05. The minimum absolute atomic E-state index is 0.0442. The second-order valence-electron chi connectivity index (χ2n) is 7.16. The van der Waals surface area contributed by atoms with Gasteiger partial charge in [0, 0.05) is 31.6 Å². The number of rotatable bonds is 8. The van der Waals surface area contributed by atoms with E-state index in [1.54, 1.807) is 30.3 Å². The first kappa shape index (κ1) is 25.0. The average Bonchev–Trinajstić information content (AvgIpc) is 3.07. The molecule has 0 radical (unpaired) electrons. The van der Waals surface area contributed by atoms with Crippen LogP contribution in [0.1, 0.15) is 24.5 Å². The van der Waals surface area contributed by atoms with Crippen LogP contribution in [0.15, 0.2) is 53.4 Å². The van der Waals surface area contributed by atoms with Crippen LogP contribution in [0.2, 0.25) is 0 Å². The summed E-state index contributed by atoms with van der Waals surface area (Å²) < 4.78 is 43.8.